The van der Waals surface area contributed by atoms with Crippen LogP contribution in [0, 0.1) is 0 Å². The number of carbonyl (C=O) groups excluding carboxylic acids is 1. The minimum absolute atomic E-state index is 0.0516. The third-order valence-electron chi connectivity index (χ3n) is 3.95. The highest BCUT2D eigenvalue weighted by Crippen LogP contribution is 2.40. The van der Waals surface area contributed by atoms with Gasteiger partial charge in [-0.05, 0) is 29.9 Å². The van der Waals surface area contributed by atoms with Crippen molar-refractivity contribution in [3.05, 3.63) is 35.4 Å². The lowest BCUT2D eigenvalue weighted by Gasteiger charge is -2.23. The molecule has 1 heterocycles. The van der Waals surface area contributed by atoms with Gasteiger partial charge in [0.05, 0.1) is 6.04 Å². The largest absolute Gasteiger partial charge is 0.337 e. The van der Waals surface area contributed by atoms with Gasteiger partial charge in [-0.1, -0.05) is 24.3 Å². The van der Waals surface area contributed by atoms with E-state index < -0.39 is 0 Å². The first-order valence-electron chi connectivity index (χ1n) is 6.28. The second kappa shape index (κ2) is 3.84. The van der Waals surface area contributed by atoms with Gasteiger partial charge in [-0.25, -0.2) is 0 Å². The summed E-state index contributed by atoms with van der Waals surface area (Å²) in [5, 5.41) is 0. The van der Waals surface area contributed by atoms with Gasteiger partial charge < -0.3 is 10.6 Å². The molecule has 0 spiro atoms. The molecule has 1 aliphatic carbocycles. The average Bonchev–Trinajstić information content (AvgIpc) is 3.10. The highest BCUT2D eigenvalue weighted by atomic mass is 16.2. The molecule has 2 aliphatic rings. The molecule has 1 amide bonds. The Labute approximate surface area is 102 Å². The number of likely N-dealkylation sites (N-methyl/N-ethyl adjacent to an activating group) is 1. The van der Waals surface area contributed by atoms with E-state index >= 15 is 0 Å². The van der Waals surface area contributed by atoms with Crippen LogP contribution in [0.5, 0.6) is 0 Å². The molecule has 2 atom stereocenters. The maximum absolute atomic E-state index is 11.6. The Bertz CT molecular complexity index is 436. The Morgan fingerprint density at radius 1 is 1.18 bits per heavy atom. The van der Waals surface area contributed by atoms with Gasteiger partial charge >= 0.3 is 0 Å². The number of nitrogens with zero attached hydrogens (tertiary/aromatic N) is 1. The summed E-state index contributed by atoms with van der Waals surface area (Å²) in [5.41, 5.74) is 8.63. The summed E-state index contributed by atoms with van der Waals surface area (Å²) in [6, 6.07) is 8.63. The molecule has 3 heteroatoms. The van der Waals surface area contributed by atoms with Crippen LogP contribution in [0.1, 0.15) is 42.3 Å². The first-order valence-corrected chi connectivity index (χ1v) is 6.28. The number of hydrogen-bond acceptors (Lipinski definition) is 2. The third-order valence-corrected chi connectivity index (χ3v) is 3.95. The van der Waals surface area contributed by atoms with Gasteiger partial charge in [0.2, 0.25) is 5.91 Å². The number of nitrogens with two attached hydrogens (primary N) is 1. The second-order valence-corrected chi connectivity index (χ2v) is 5.26. The average molecular weight is 230 g/mol. The summed E-state index contributed by atoms with van der Waals surface area (Å²) < 4.78 is 0. The predicted molar refractivity (Wildman–Crippen MR) is 66.5 cm³/mol. The molecule has 2 fully saturated rings. The SMILES string of the molecule is CN1C(=O)CC(N)C1c1ccc(C2CC2)cc1. The van der Waals surface area contributed by atoms with Crippen LogP contribution in [0.4, 0.5) is 0 Å². The summed E-state index contributed by atoms with van der Waals surface area (Å²) in [6.07, 6.45) is 3.10. The van der Waals surface area contributed by atoms with E-state index in [2.05, 4.69) is 24.3 Å². The van der Waals surface area contributed by atoms with Crippen molar-refractivity contribution in [3.63, 3.8) is 0 Å². The van der Waals surface area contributed by atoms with Crippen LogP contribution < -0.4 is 5.73 Å². The molecule has 1 aliphatic heterocycles. The van der Waals surface area contributed by atoms with Crippen molar-refractivity contribution in [1.29, 1.82) is 0 Å². The fraction of sp³-hybridized carbons (Fsp3) is 0.500. The lowest BCUT2D eigenvalue weighted by atomic mass is 9.99. The maximum Gasteiger partial charge on any atom is 0.224 e. The first kappa shape index (κ1) is 10.8. The van der Waals surface area contributed by atoms with E-state index in [9.17, 15) is 4.79 Å². The summed E-state index contributed by atoms with van der Waals surface area (Å²) >= 11 is 0. The molecule has 2 unspecified atom stereocenters. The number of amides is 1. The number of hydrogen-bond donors (Lipinski definition) is 1. The molecule has 1 saturated carbocycles. The Hall–Kier alpha value is -1.35. The zero-order valence-electron chi connectivity index (χ0n) is 10.1. The molecule has 90 valence electrons. The zero-order chi connectivity index (χ0) is 12.0. The summed E-state index contributed by atoms with van der Waals surface area (Å²) in [7, 11) is 1.84. The lowest BCUT2D eigenvalue weighted by molar-refractivity contribution is -0.127. The van der Waals surface area contributed by atoms with E-state index in [0.717, 1.165) is 11.5 Å². The van der Waals surface area contributed by atoms with E-state index in [4.69, 9.17) is 5.73 Å². The third kappa shape index (κ3) is 1.84. The molecule has 3 rings (SSSR count). The van der Waals surface area contributed by atoms with Gasteiger partial charge in [-0.3, -0.25) is 4.79 Å². The normalized spacial score (nSPS) is 28.8. The van der Waals surface area contributed by atoms with Gasteiger partial charge in [0, 0.05) is 19.5 Å². The number of carbonyl (C=O) groups is 1. The van der Waals surface area contributed by atoms with E-state index in [1.54, 1.807) is 4.90 Å². The van der Waals surface area contributed by atoms with Crippen LogP contribution in [0.15, 0.2) is 24.3 Å². The molecular weight excluding hydrogens is 212 g/mol. The van der Waals surface area contributed by atoms with Crippen molar-refractivity contribution in [2.24, 2.45) is 5.73 Å². The second-order valence-electron chi connectivity index (χ2n) is 5.26. The van der Waals surface area contributed by atoms with Gasteiger partial charge in [0.25, 0.3) is 0 Å². The van der Waals surface area contributed by atoms with Crippen molar-refractivity contribution < 1.29 is 4.79 Å². The van der Waals surface area contributed by atoms with E-state index in [1.165, 1.54) is 18.4 Å². The van der Waals surface area contributed by atoms with Crippen LogP contribution in [0.2, 0.25) is 0 Å². The summed E-state index contributed by atoms with van der Waals surface area (Å²) in [4.78, 5) is 13.4. The fourth-order valence-corrected chi connectivity index (χ4v) is 2.75. The van der Waals surface area contributed by atoms with E-state index in [-0.39, 0.29) is 18.0 Å². The van der Waals surface area contributed by atoms with Crippen LogP contribution in [0.25, 0.3) is 0 Å². The monoisotopic (exact) mass is 230 g/mol. The Kier molecular flexibility index (Phi) is 2.44. The zero-order valence-corrected chi connectivity index (χ0v) is 10.1. The molecule has 1 aromatic rings. The standard InChI is InChI=1S/C14H18N2O/c1-16-13(17)8-12(15)14(16)11-6-4-10(5-7-11)9-2-3-9/h4-7,9,12,14H,2-3,8,15H2,1H3. The minimum atomic E-state index is -0.0701. The molecule has 3 nitrogen and oxygen atoms in total. The Balaban J connectivity index is 1.85. The van der Waals surface area contributed by atoms with Crippen LogP contribution in [-0.4, -0.2) is 23.9 Å². The van der Waals surface area contributed by atoms with Crippen molar-refractivity contribution in [2.45, 2.75) is 37.3 Å². The first-order chi connectivity index (χ1) is 8.16. The van der Waals surface area contributed by atoms with Crippen LogP contribution >= 0.6 is 0 Å². The van der Waals surface area contributed by atoms with Gasteiger partial charge in [-0.15, -0.1) is 0 Å². The number of likely N-dealkylation sites (tertiary alicyclic amines) is 1. The van der Waals surface area contributed by atoms with Crippen molar-refractivity contribution in [2.75, 3.05) is 7.05 Å². The number of benzene rings is 1. The van der Waals surface area contributed by atoms with Crippen molar-refractivity contribution in [3.8, 4) is 0 Å². The Morgan fingerprint density at radius 2 is 1.76 bits per heavy atom. The van der Waals surface area contributed by atoms with E-state index in [1.807, 2.05) is 7.05 Å². The highest BCUT2D eigenvalue weighted by molar-refractivity contribution is 5.80. The summed E-state index contributed by atoms with van der Waals surface area (Å²) in [6.45, 7) is 0. The van der Waals surface area contributed by atoms with E-state index in [0.29, 0.717) is 6.42 Å². The molecule has 0 aromatic heterocycles. The number of rotatable bonds is 2. The van der Waals surface area contributed by atoms with Gasteiger partial charge in [-0.2, -0.15) is 0 Å². The van der Waals surface area contributed by atoms with Gasteiger partial charge in [0.1, 0.15) is 0 Å². The topological polar surface area (TPSA) is 46.3 Å². The molecule has 0 radical (unpaired) electrons. The minimum Gasteiger partial charge on any atom is -0.337 e. The Morgan fingerprint density at radius 3 is 2.24 bits per heavy atom. The quantitative estimate of drug-likeness (QED) is 0.842. The molecule has 2 N–H and O–H groups in total. The lowest BCUT2D eigenvalue weighted by Crippen LogP contribution is -2.30. The molecule has 0 bridgehead atoms. The molecular formula is C14H18N2O. The summed E-state index contributed by atoms with van der Waals surface area (Å²) in [5.74, 6) is 0.925. The van der Waals surface area contributed by atoms with Crippen LogP contribution in [-0.2, 0) is 4.79 Å². The molecule has 1 saturated heterocycles. The van der Waals surface area contributed by atoms with Crippen LogP contribution in [0.3, 0.4) is 0 Å². The van der Waals surface area contributed by atoms with Crippen molar-refractivity contribution >= 4 is 5.91 Å². The highest BCUT2D eigenvalue weighted by Gasteiger charge is 2.36. The van der Waals surface area contributed by atoms with Gasteiger partial charge in [0.15, 0.2) is 0 Å². The molecule has 1 aromatic carbocycles. The molecule has 17 heavy (non-hydrogen) atoms. The maximum atomic E-state index is 11.6. The smallest absolute Gasteiger partial charge is 0.224 e. The predicted octanol–water partition coefficient (Wildman–Crippen LogP) is 1.79. The van der Waals surface area contributed by atoms with Crippen molar-refractivity contribution in [1.82, 2.24) is 4.90 Å². The fourth-order valence-electron chi connectivity index (χ4n) is 2.75.